The summed E-state index contributed by atoms with van der Waals surface area (Å²) < 4.78 is 0. The van der Waals surface area contributed by atoms with Gasteiger partial charge < -0.3 is 4.90 Å². The van der Waals surface area contributed by atoms with E-state index in [2.05, 4.69) is 10.2 Å². The van der Waals surface area contributed by atoms with Gasteiger partial charge in [-0.2, -0.15) is 5.10 Å². The van der Waals surface area contributed by atoms with Crippen LogP contribution >= 0.6 is 0 Å². The van der Waals surface area contributed by atoms with Crippen molar-refractivity contribution in [2.24, 2.45) is 0 Å². The number of H-pyrrole nitrogens is 1. The Morgan fingerprint density at radius 1 is 0.828 bits per heavy atom. The summed E-state index contributed by atoms with van der Waals surface area (Å²) in [6, 6.07) is 25.2. The molecule has 0 spiro atoms. The van der Waals surface area contributed by atoms with Crippen LogP contribution in [0.1, 0.15) is 17.9 Å². The van der Waals surface area contributed by atoms with Gasteiger partial charge >= 0.3 is 0 Å². The lowest BCUT2D eigenvalue weighted by Gasteiger charge is -2.17. The van der Waals surface area contributed by atoms with Gasteiger partial charge in [0, 0.05) is 23.2 Å². The number of nitrogens with zero attached hydrogens (tertiary/aromatic N) is 2. The molecule has 0 saturated carbocycles. The van der Waals surface area contributed by atoms with Gasteiger partial charge in [0.1, 0.15) is 0 Å². The van der Waals surface area contributed by atoms with Crippen molar-refractivity contribution in [2.45, 2.75) is 12.3 Å². The molecule has 1 N–H and O–H groups in total. The SMILES string of the molecule is O=C1C(c2ccccc2)CCN1c1ccc(-c2n[nH]c(=O)c3ccccc23)cc1. The molecule has 1 amide bonds. The fraction of sp³-hybridized carbons (Fsp3) is 0.125. The molecule has 2 heterocycles. The first kappa shape index (κ1) is 17.4. The molecule has 1 aliphatic heterocycles. The third-order valence-electron chi connectivity index (χ3n) is 5.56. The molecule has 0 radical (unpaired) electrons. The predicted octanol–water partition coefficient (Wildman–Crippen LogP) is 4.11. The molecule has 5 heteroatoms. The maximum Gasteiger partial charge on any atom is 0.272 e. The first-order chi connectivity index (χ1) is 14.2. The Labute approximate surface area is 167 Å². The van der Waals surface area contributed by atoms with Gasteiger partial charge in [0.05, 0.1) is 17.0 Å². The first-order valence-electron chi connectivity index (χ1n) is 9.66. The number of fused-ring (bicyclic) bond motifs is 1. The van der Waals surface area contributed by atoms with Crippen LogP contribution in [0.15, 0.2) is 83.7 Å². The Morgan fingerprint density at radius 3 is 2.28 bits per heavy atom. The van der Waals surface area contributed by atoms with Crippen molar-refractivity contribution < 1.29 is 4.79 Å². The molecule has 1 saturated heterocycles. The van der Waals surface area contributed by atoms with Crippen LogP contribution in [0.4, 0.5) is 5.69 Å². The van der Waals surface area contributed by atoms with E-state index < -0.39 is 0 Å². The van der Waals surface area contributed by atoms with Gasteiger partial charge in [-0.05, 0) is 30.2 Å². The highest BCUT2D eigenvalue weighted by molar-refractivity contribution is 6.00. The van der Waals surface area contributed by atoms with Gasteiger partial charge in [0.25, 0.3) is 5.56 Å². The summed E-state index contributed by atoms with van der Waals surface area (Å²) >= 11 is 0. The van der Waals surface area contributed by atoms with E-state index in [-0.39, 0.29) is 17.4 Å². The minimum Gasteiger partial charge on any atom is -0.312 e. The number of hydrogen-bond acceptors (Lipinski definition) is 3. The van der Waals surface area contributed by atoms with E-state index in [0.717, 1.165) is 34.3 Å². The van der Waals surface area contributed by atoms with Crippen LogP contribution in [0.5, 0.6) is 0 Å². The number of anilines is 1. The highest BCUT2D eigenvalue weighted by Gasteiger charge is 2.33. The smallest absolute Gasteiger partial charge is 0.272 e. The molecular weight excluding hydrogens is 362 g/mol. The zero-order chi connectivity index (χ0) is 19.8. The minimum absolute atomic E-state index is 0.0827. The Kier molecular flexibility index (Phi) is 4.21. The number of hydrogen-bond donors (Lipinski definition) is 1. The standard InChI is InChI=1S/C24H19N3O2/c28-23-21-9-5-4-8-20(21)22(25-26-23)17-10-12-18(13-11-17)27-15-14-19(24(27)29)16-6-2-1-3-7-16/h1-13,19H,14-15H2,(H,26,28). The maximum atomic E-state index is 12.9. The molecule has 3 aromatic carbocycles. The van der Waals surface area contributed by atoms with Crippen molar-refractivity contribution in [3.63, 3.8) is 0 Å². The number of carbonyl (C=O) groups is 1. The minimum atomic E-state index is -0.199. The Balaban J connectivity index is 1.45. The molecule has 1 fully saturated rings. The van der Waals surface area contributed by atoms with E-state index in [9.17, 15) is 9.59 Å². The monoisotopic (exact) mass is 381 g/mol. The summed E-state index contributed by atoms with van der Waals surface area (Å²) in [6.45, 7) is 0.706. The van der Waals surface area contributed by atoms with Crippen LogP contribution in [-0.2, 0) is 4.79 Å². The third-order valence-corrected chi connectivity index (χ3v) is 5.56. The maximum absolute atomic E-state index is 12.9. The Hall–Kier alpha value is -3.73. The molecule has 1 aromatic heterocycles. The van der Waals surface area contributed by atoms with Crippen molar-refractivity contribution in [1.29, 1.82) is 0 Å². The summed E-state index contributed by atoms with van der Waals surface area (Å²) in [5.41, 5.74) is 3.37. The Morgan fingerprint density at radius 2 is 1.52 bits per heavy atom. The van der Waals surface area contributed by atoms with E-state index in [1.54, 1.807) is 6.07 Å². The van der Waals surface area contributed by atoms with E-state index in [4.69, 9.17) is 0 Å². The van der Waals surface area contributed by atoms with Gasteiger partial charge in [0.2, 0.25) is 5.91 Å². The van der Waals surface area contributed by atoms with Gasteiger partial charge in [-0.25, -0.2) is 5.10 Å². The van der Waals surface area contributed by atoms with Gasteiger partial charge in [-0.1, -0.05) is 60.7 Å². The quantitative estimate of drug-likeness (QED) is 0.581. The largest absolute Gasteiger partial charge is 0.312 e. The lowest BCUT2D eigenvalue weighted by atomic mass is 9.98. The molecule has 1 unspecified atom stereocenters. The van der Waals surface area contributed by atoms with Crippen molar-refractivity contribution in [3.8, 4) is 11.3 Å². The van der Waals surface area contributed by atoms with Crippen LogP contribution in [0.3, 0.4) is 0 Å². The zero-order valence-corrected chi connectivity index (χ0v) is 15.7. The van der Waals surface area contributed by atoms with E-state index in [0.29, 0.717) is 11.9 Å². The molecule has 4 aromatic rings. The number of benzene rings is 3. The summed E-state index contributed by atoms with van der Waals surface area (Å²) in [6.07, 6.45) is 0.816. The van der Waals surface area contributed by atoms with Crippen LogP contribution in [0.25, 0.3) is 22.0 Å². The number of aromatic amines is 1. The van der Waals surface area contributed by atoms with Gasteiger partial charge in [0.15, 0.2) is 0 Å². The molecule has 1 atom stereocenters. The fourth-order valence-corrected chi connectivity index (χ4v) is 4.06. The summed E-state index contributed by atoms with van der Waals surface area (Å²) in [5, 5.41) is 8.25. The summed E-state index contributed by atoms with van der Waals surface area (Å²) in [5.74, 6) is 0.0530. The van der Waals surface area contributed by atoms with Crippen molar-refractivity contribution >= 4 is 22.4 Å². The van der Waals surface area contributed by atoms with Crippen molar-refractivity contribution in [1.82, 2.24) is 10.2 Å². The molecule has 0 bridgehead atoms. The Bertz CT molecular complexity index is 1250. The molecule has 0 aliphatic carbocycles. The van der Waals surface area contributed by atoms with Crippen LogP contribution in [-0.4, -0.2) is 22.6 Å². The van der Waals surface area contributed by atoms with Gasteiger partial charge in [-0.3, -0.25) is 9.59 Å². The molecule has 1 aliphatic rings. The van der Waals surface area contributed by atoms with E-state index in [1.165, 1.54) is 0 Å². The summed E-state index contributed by atoms with van der Waals surface area (Å²) in [7, 11) is 0. The second-order valence-corrected chi connectivity index (χ2v) is 7.24. The lowest BCUT2D eigenvalue weighted by molar-refractivity contribution is -0.118. The number of nitrogens with one attached hydrogen (secondary N) is 1. The van der Waals surface area contributed by atoms with Crippen LogP contribution in [0, 0.1) is 0 Å². The number of aromatic nitrogens is 2. The molecule has 29 heavy (non-hydrogen) atoms. The van der Waals surface area contributed by atoms with Crippen LogP contribution in [0.2, 0.25) is 0 Å². The average Bonchev–Trinajstić information content (AvgIpc) is 3.16. The van der Waals surface area contributed by atoms with Crippen LogP contribution < -0.4 is 10.5 Å². The van der Waals surface area contributed by atoms with E-state index >= 15 is 0 Å². The fourth-order valence-electron chi connectivity index (χ4n) is 4.06. The zero-order valence-electron chi connectivity index (χ0n) is 15.7. The van der Waals surface area contributed by atoms with Crippen molar-refractivity contribution in [2.75, 3.05) is 11.4 Å². The van der Waals surface area contributed by atoms with E-state index in [1.807, 2.05) is 77.7 Å². The average molecular weight is 381 g/mol. The molecule has 142 valence electrons. The lowest BCUT2D eigenvalue weighted by Crippen LogP contribution is -2.26. The topological polar surface area (TPSA) is 66.1 Å². The highest BCUT2D eigenvalue weighted by Crippen LogP contribution is 2.33. The molecule has 5 nitrogen and oxygen atoms in total. The number of rotatable bonds is 3. The highest BCUT2D eigenvalue weighted by atomic mass is 16.2. The molecule has 5 rings (SSSR count). The van der Waals surface area contributed by atoms with Crippen molar-refractivity contribution in [3.05, 3.63) is 94.8 Å². The number of carbonyl (C=O) groups excluding carboxylic acids is 1. The predicted molar refractivity (Wildman–Crippen MR) is 114 cm³/mol. The number of amides is 1. The second kappa shape index (κ2) is 7.02. The normalized spacial score (nSPS) is 16.5. The van der Waals surface area contributed by atoms with Gasteiger partial charge in [-0.15, -0.1) is 0 Å². The third kappa shape index (κ3) is 3.01. The molecular formula is C24H19N3O2. The summed E-state index contributed by atoms with van der Waals surface area (Å²) in [4.78, 5) is 26.8. The first-order valence-corrected chi connectivity index (χ1v) is 9.66. The second-order valence-electron chi connectivity index (χ2n) is 7.24.